The van der Waals surface area contributed by atoms with Crippen LogP contribution >= 0.6 is 11.3 Å². The van der Waals surface area contributed by atoms with Crippen LogP contribution in [0.3, 0.4) is 0 Å². The zero-order valence-corrected chi connectivity index (χ0v) is 11.5. The van der Waals surface area contributed by atoms with E-state index in [9.17, 15) is 4.79 Å². The van der Waals surface area contributed by atoms with Gasteiger partial charge in [-0.2, -0.15) is 0 Å². The molecule has 2 fully saturated rings. The molecule has 2 aliphatic carbocycles. The first-order chi connectivity index (χ1) is 8.76. The van der Waals surface area contributed by atoms with Gasteiger partial charge in [0.15, 0.2) is 0 Å². The maximum atomic E-state index is 11.4. The number of carbonyl (C=O) groups is 1. The summed E-state index contributed by atoms with van der Waals surface area (Å²) >= 11 is 1.73. The Bertz CT molecular complexity index is 443. The SMILES string of the molecule is CCOC(=O)Cc1csc(C2CC3CCC2C3)n1. The standard InChI is InChI=1S/C14H19NO2S/c1-2-17-13(16)7-11-8-18-14(15-11)12-6-9-3-4-10(12)5-9/h8-10,12H,2-7H2,1H3. The summed E-state index contributed by atoms with van der Waals surface area (Å²) in [5.74, 6) is 2.31. The maximum absolute atomic E-state index is 11.4. The second-order valence-corrected chi connectivity index (χ2v) is 6.33. The predicted molar refractivity (Wildman–Crippen MR) is 70.6 cm³/mol. The molecule has 1 aromatic rings. The number of thiazole rings is 1. The van der Waals surface area contributed by atoms with Crippen LogP contribution in [0.2, 0.25) is 0 Å². The van der Waals surface area contributed by atoms with E-state index in [2.05, 4.69) is 4.98 Å². The van der Waals surface area contributed by atoms with Gasteiger partial charge in [-0.1, -0.05) is 6.42 Å². The third-order valence-corrected chi connectivity index (χ3v) is 5.28. The van der Waals surface area contributed by atoms with Gasteiger partial charge in [0.2, 0.25) is 0 Å². The highest BCUT2D eigenvalue weighted by Gasteiger charge is 2.41. The van der Waals surface area contributed by atoms with Crippen molar-refractivity contribution in [1.29, 1.82) is 0 Å². The molecule has 0 aliphatic heterocycles. The molecule has 3 unspecified atom stereocenters. The van der Waals surface area contributed by atoms with E-state index >= 15 is 0 Å². The van der Waals surface area contributed by atoms with Crippen LogP contribution in [0.15, 0.2) is 5.38 Å². The Kier molecular flexibility index (Phi) is 3.37. The molecule has 0 amide bonds. The Labute approximate surface area is 112 Å². The van der Waals surface area contributed by atoms with Gasteiger partial charge in [0, 0.05) is 11.3 Å². The van der Waals surface area contributed by atoms with Gasteiger partial charge < -0.3 is 4.74 Å². The molecule has 2 bridgehead atoms. The molecule has 3 nitrogen and oxygen atoms in total. The number of ether oxygens (including phenoxy) is 1. The Morgan fingerprint density at radius 2 is 2.39 bits per heavy atom. The molecule has 3 atom stereocenters. The van der Waals surface area contributed by atoms with Gasteiger partial charge in [-0.05, 0) is 38.0 Å². The monoisotopic (exact) mass is 265 g/mol. The lowest BCUT2D eigenvalue weighted by Gasteiger charge is -2.18. The van der Waals surface area contributed by atoms with Crippen molar-refractivity contribution in [2.45, 2.75) is 44.9 Å². The maximum Gasteiger partial charge on any atom is 0.311 e. The summed E-state index contributed by atoms with van der Waals surface area (Å²) in [4.78, 5) is 16.1. The lowest BCUT2D eigenvalue weighted by atomic mass is 9.89. The lowest BCUT2D eigenvalue weighted by Crippen LogP contribution is -2.10. The molecule has 2 aliphatic rings. The molecule has 1 heterocycles. The highest BCUT2D eigenvalue weighted by Crippen LogP contribution is 2.53. The first-order valence-electron chi connectivity index (χ1n) is 6.86. The zero-order chi connectivity index (χ0) is 12.5. The van der Waals surface area contributed by atoms with Crippen LogP contribution in [-0.2, 0) is 16.0 Å². The second-order valence-electron chi connectivity index (χ2n) is 5.44. The van der Waals surface area contributed by atoms with E-state index in [0.29, 0.717) is 18.9 Å². The van der Waals surface area contributed by atoms with Crippen LogP contribution < -0.4 is 0 Å². The van der Waals surface area contributed by atoms with Crippen molar-refractivity contribution in [3.8, 4) is 0 Å². The number of esters is 1. The average Bonchev–Trinajstić information content (AvgIpc) is 3.03. The van der Waals surface area contributed by atoms with Crippen molar-refractivity contribution in [3.05, 3.63) is 16.1 Å². The Hall–Kier alpha value is -0.900. The van der Waals surface area contributed by atoms with E-state index in [4.69, 9.17) is 4.74 Å². The highest BCUT2D eigenvalue weighted by atomic mass is 32.1. The van der Waals surface area contributed by atoms with Crippen molar-refractivity contribution >= 4 is 17.3 Å². The van der Waals surface area contributed by atoms with E-state index in [0.717, 1.165) is 17.5 Å². The molecule has 0 saturated heterocycles. The number of hydrogen-bond donors (Lipinski definition) is 0. The molecule has 0 N–H and O–H groups in total. The molecule has 3 rings (SSSR count). The largest absolute Gasteiger partial charge is 0.466 e. The van der Waals surface area contributed by atoms with Crippen LogP contribution in [0.5, 0.6) is 0 Å². The summed E-state index contributed by atoms with van der Waals surface area (Å²) in [6, 6.07) is 0. The van der Waals surface area contributed by atoms with E-state index < -0.39 is 0 Å². The fraction of sp³-hybridized carbons (Fsp3) is 0.714. The quantitative estimate of drug-likeness (QED) is 0.785. The molecular formula is C14H19NO2S. The number of hydrogen-bond acceptors (Lipinski definition) is 4. The second kappa shape index (κ2) is 5.00. The van der Waals surface area contributed by atoms with Gasteiger partial charge in [-0.15, -0.1) is 11.3 Å². The average molecular weight is 265 g/mol. The Morgan fingerprint density at radius 1 is 1.50 bits per heavy atom. The minimum absolute atomic E-state index is 0.165. The van der Waals surface area contributed by atoms with Crippen LogP contribution in [-0.4, -0.2) is 17.6 Å². The van der Waals surface area contributed by atoms with Crippen molar-refractivity contribution in [2.75, 3.05) is 6.61 Å². The van der Waals surface area contributed by atoms with Crippen LogP contribution in [0.1, 0.15) is 49.2 Å². The number of rotatable bonds is 4. The molecule has 98 valence electrons. The van der Waals surface area contributed by atoms with Crippen molar-refractivity contribution in [1.82, 2.24) is 4.98 Å². The minimum atomic E-state index is -0.165. The van der Waals surface area contributed by atoms with E-state index in [-0.39, 0.29) is 5.97 Å². The smallest absolute Gasteiger partial charge is 0.311 e. The molecular weight excluding hydrogens is 246 g/mol. The van der Waals surface area contributed by atoms with Gasteiger partial charge >= 0.3 is 5.97 Å². The van der Waals surface area contributed by atoms with E-state index in [1.54, 1.807) is 11.3 Å². The lowest BCUT2D eigenvalue weighted by molar-refractivity contribution is -0.142. The minimum Gasteiger partial charge on any atom is -0.466 e. The Morgan fingerprint density at radius 3 is 3.06 bits per heavy atom. The summed E-state index contributed by atoms with van der Waals surface area (Å²) in [5, 5.41) is 3.28. The molecule has 0 aromatic carbocycles. The molecule has 1 aromatic heterocycles. The fourth-order valence-electron chi connectivity index (χ4n) is 3.48. The number of carbonyl (C=O) groups excluding carboxylic acids is 1. The normalized spacial score (nSPS) is 29.7. The molecule has 2 saturated carbocycles. The topological polar surface area (TPSA) is 39.2 Å². The molecule has 4 heteroatoms. The fourth-order valence-corrected chi connectivity index (χ4v) is 4.51. The summed E-state index contributed by atoms with van der Waals surface area (Å²) < 4.78 is 4.96. The Balaban J connectivity index is 1.65. The number of fused-ring (bicyclic) bond motifs is 2. The molecule has 0 radical (unpaired) electrons. The summed E-state index contributed by atoms with van der Waals surface area (Å²) in [6.45, 7) is 2.28. The van der Waals surface area contributed by atoms with Crippen molar-refractivity contribution in [2.24, 2.45) is 11.8 Å². The predicted octanol–water partition coefficient (Wildman–Crippen LogP) is 3.15. The van der Waals surface area contributed by atoms with E-state index in [1.807, 2.05) is 12.3 Å². The summed E-state index contributed by atoms with van der Waals surface area (Å²) in [7, 11) is 0. The van der Waals surface area contributed by atoms with Gasteiger partial charge in [-0.3, -0.25) is 4.79 Å². The first kappa shape index (κ1) is 12.2. The third kappa shape index (κ3) is 2.30. The summed E-state index contributed by atoms with van der Waals surface area (Å²) in [6.07, 6.45) is 5.84. The van der Waals surface area contributed by atoms with Gasteiger partial charge in [0.05, 0.1) is 23.7 Å². The van der Waals surface area contributed by atoms with Crippen LogP contribution in [0.25, 0.3) is 0 Å². The van der Waals surface area contributed by atoms with Crippen LogP contribution in [0, 0.1) is 11.8 Å². The first-order valence-corrected chi connectivity index (χ1v) is 7.74. The van der Waals surface area contributed by atoms with Gasteiger partial charge in [-0.25, -0.2) is 4.98 Å². The van der Waals surface area contributed by atoms with Gasteiger partial charge in [0.1, 0.15) is 0 Å². The molecule has 0 spiro atoms. The third-order valence-electron chi connectivity index (χ3n) is 4.26. The highest BCUT2D eigenvalue weighted by molar-refractivity contribution is 7.09. The number of nitrogens with zero attached hydrogens (tertiary/aromatic N) is 1. The van der Waals surface area contributed by atoms with Crippen LogP contribution in [0.4, 0.5) is 0 Å². The zero-order valence-electron chi connectivity index (χ0n) is 10.7. The van der Waals surface area contributed by atoms with Gasteiger partial charge in [0.25, 0.3) is 0 Å². The molecule has 18 heavy (non-hydrogen) atoms. The van der Waals surface area contributed by atoms with E-state index in [1.165, 1.54) is 30.7 Å². The van der Waals surface area contributed by atoms with Crippen molar-refractivity contribution < 1.29 is 9.53 Å². The van der Waals surface area contributed by atoms with Crippen molar-refractivity contribution in [3.63, 3.8) is 0 Å². The summed E-state index contributed by atoms with van der Waals surface area (Å²) in [5.41, 5.74) is 0.885. The number of aromatic nitrogens is 1.